The lowest BCUT2D eigenvalue weighted by Crippen LogP contribution is -2.13. The Bertz CT molecular complexity index is 520. The highest BCUT2D eigenvalue weighted by molar-refractivity contribution is 5.50. The largest absolute Gasteiger partial charge is 0.270 e. The predicted octanol–water partition coefficient (Wildman–Crippen LogP) is 9.12. The summed E-state index contributed by atoms with van der Waals surface area (Å²) < 4.78 is 24.6. The van der Waals surface area contributed by atoms with Gasteiger partial charge in [-0.25, -0.2) is 0 Å². The van der Waals surface area contributed by atoms with Gasteiger partial charge in [0.1, 0.15) is 0 Å². The third-order valence-electron chi connectivity index (χ3n) is 6.25. The van der Waals surface area contributed by atoms with Crippen LogP contribution in [0, 0.1) is 5.92 Å². The summed E-state index contributed by atoms with van der Waals surface area (Å²) in [4.78, 5) is 0. The van der Waals surface area contributed by atoms with Crippen LogP contribution in [0.2, 0.25) is 0 Å². The second-order valence-electron chi connectivity index (χ2n) is 8.44. The van der Waals surface area contributed by atoms with Crippen LogP contribution in [0.15, 0.2) is 30.3 Å². The van der Waals surface area contributed by atoms with Crippen LogP contribution in [0.5, 0.6) is 0 Å². The van der Waals surface area contributed by atoms with Crippen molar-refractivity contribution < 1.29 is 8.78 Å². The molecule has 0 spiro atoms. The van der Waals surface area contributed by atoms with Gasteiger partial charge < -0.3 is 0 Å². The minimum absolute atomic E-state index is 0.595. The Kier molecular flexibility index (Phi) is 10.7. The van der Waals surface area contributed by atoms with Crippen molar-refractivity contribution in [3.05, 3.63) is 41.5 Å². The van der Waals surface area contributed by atoms with E-state index in [1.807, 2.05) is 24.3 Å². The number of unbranched alkanes of at least 4 members (excludes halogenated alkanes) is 8. The highest BCUT2D eigenvalue weighted by atomic mass is 19.3. The second-order valence-corrected chi connectivity index (χ2v) is 8.44. The molecule has 0 aromatic heterocycles. The van der Waals surface area contributed by atoms with Gasteiger partial charge >= 0.3 is 0 Å². The van der Waals surface area contributed by atoms with Crippen molar-refractivity contribution >= 4 is 6.08 Å². The Morgan fingerprint density at radius 3 is 1.93 bits per heavy atom. The molecule has 2 rings (SSSR count). The summed E-state index contributed by atoms with van der Waals surface area (Å²) in [5, 5.41) is 0. The summed E-state index contributed by atoms with van der Waals surface area (Å²) >= 11 is 0. The molecule has 1 aliphatic carbocycles. The fraction of sp³-hybridized carbons (Fsp3) is 0.680. The van der Waals surface area contributed by atoms with E-state index in [4.69, 9.17) is 0 Å². The number of hydrogen-bond donors (Lipinski definition) is 0. The Labute approximate surface area is 165 Å². The van der Waals surface area contributed by atoms with Crippen LogP contribution >= 0.6 is 0 Å². The summed E-state index contributed by atoms with van der Waals surface area (Å²) in [5.41, 5.74) is 1.92. The van der Waals surface area contributed by atoms with Crippen LogP contribution in [0.3, 0.4) is 0 Å². The molecular formula is C25H38F2. The molecule has 0 unspecified atom stereocenters. The first-order chi connectivity index (χ1) is 13.2. The van der Waals surface area contributed by atoms with Crippen LogP contribution in [0.4, 0.5) is 8.78 Å². The van der Waals surface area contributed by atoms with E-state index < -0.39 is 6.08 Å². The highest BCUT2D eigenvalue weighted by Gasteiger charge is 2.21. The molecule has 0 aliphatic heterocycles. The normalized spacial score (nSPS) is 19.8. The third kappa shape index (κ3) is 9.04. The van der Waals surface area contributed by atoms with Gasteiger partial charge in [-0.1, -0.05) is 95.4 Å². The smallest absolute Gasteiger partial charge is 0.173 e. The Hall–Kier alpha value is -1.18. The molecule has 1 aliphatic rings. The molecule has 2 heteroatoms. The van der Waals surface area contributed by atoms with E-state index in [0.717, 1.165) is 12.0 Å². The van der Waals surface area contributed by atoms with E-state index in [2.05, 4.69) is 6.92 Å². The third-order valence-corrected chi connectivity index (χ3v) is 6.25. The van der Waals surface area contributed by atoms with Crippen molar-refractivity contribution in [2.75, 3.05) is 0 Å². The quantitative estimate of drug-likeness (QED) is 0.319. The summed E-state index contributed by atoms with van der Waals surface area (Å²) in [6.07, 6.45) is 18.6. The van der Waals surface area contributed by atoms with Crippen LogP contribution in [-0.4, -0.2) is 0 Å². The first-order valence-electron chi connectivity index (χ1n) is 11.3. The number of rotatable bonds is 12. The number of benzene rings is 1. The van der Waals surface area contributed by atoms with Crippen LogP contribution in [0.1, 0.15) is 114 Å². The van der Waals surface area contributed by atoms with Gasteiger partial charge in [0.2, 0.25) is 0 Å². The Morgan fingerprint density at radius 1 is 0.815 bits per heavy atom. The first-order valence-corrected chi connectivity index (χ1v) is 11.3. The second kappa shape index (κ2) is 13.1. The lowest BCUT2D eigenvalue weighted by molar-refractivity contribution is 0.301. The van der Waals surface area contributed by atoms with Crippen molar-refractivity contribution in [3.8, 4) is 0 Å². The molecule has 0 saturated heterocycles. The molecule has 0 nitrogen and oxygen atoms in total. The van der Waals surface area contributed by atoms with Crippen molar-refractivity contribution in [1.82, 2.24) is 0 Å². The van der Waals surface area contributed by atoms with Crippen molar-refractivity contribution in [2.45, 2.75) is 103 Å². The minimum atomic E-state index is -1.63. The fourth-order valence-corrected chi connectivity index (χ4v) is 4.52. The molecule has 0 amide bonds. The van der Waals surface area contributed by atoms with Gasteiger partial charge in [-0.3, -0.25) is 0 Å². The van der Waals surface area contributed by atoms with Crippen molar-refractivity contribution in [3.63, 3.8) is 0 Å². The van der Waals surface area contributed by atoms with E-state index in [1.165, 1.54) is 95.5 Å². The molecule has 0 radical (unpaired) electrons. The average Bonchev–Trinajstić information content (AvgIpc) is 2.67. The summed E-state index contributed by atoms with van der Waals surface area (Å²) in [6, 6.07) is 7.73. The SMILES string of the molecule is CCCCCCCCCCCC1CCC(c2ccc(C=C(F)F)cc2)CC1. The first kappa shape index (κ1) is 22.1. The summed E-state index contributed by atoms with van der Waals surface area (Å²) in [7, 11) is 0. The topological polar surface area (TPSA) is 0 Å². The lowest BCUT2D eigenvalue weighted by Gasteiger charge is -2.29. The van der Waals surface area contributed by atoms with Crippen LogP contribution in [-0.2, 0) is 0 Å². The van der Waals surface area contributed by atoms with Crippen molar-refractivity contribution in [1.29, 1.82) is 0 Å². The summed E-state index contributed by atoms with van der Waals surface area (Å²) in [6.45, 7) is 2.28. The zero-order valence-corrected chi connectivity index (χ0v) is 17.2. The Balaban J connectivity index is 1.56. The van der Waals surface area contributed by atoms with Gasteiger partial charge in [0.15, 0.2) is 0 Å². The van der Waals surface area contributed by atoms with E-state index in [1.54, 1.807) is 0 Å². The molecule has 1 aromatic rings. The molecule has 1 aromatic carbocycles. The molecule has 1 fully saturated rings. The lowest BCUT2D eigenvalue weighted by atomic mass is 9.77. The molecule has 1 saturated carbocycles. The van der Waals surface area contributed by atoms with E-state index >= 15 is 0 Å². The monoisotopic (exact) mass is 376 g/mol. The van der Waals surface area contributed by atoms with E-state index in [0.29, 0.717) is 11.5 Å². The van der Waals surface area contributed by atoms with Gasteiger partial charge in [-0.2, -0.15) is 8.78 Å². The minimum Gasteiger partial charge on any atom is -0.173 e. The maximum absolute atomic E-state index is 12.3. The van der Waals surface area contributed by atoms with Crippen LogP contribution < -0.4 is 0 Å². The summed E-state index contributed by atoms with van der Waals surface area (Å²) in [5.74, 6) is 1.53. The van der Waals surface area contributed by atoms with Gasteiger partial charge in [-0.15, -0.1) is 0 Å². The maximum Gasteiger partial charge on any atom is 0.270 e. The highest BCUT2D eigenvalue weighted by Crippen LogP contribution is 2.37. The van der Waals surface area contributed by atoms with Gasteiger partial charge in [0, 0.05) is 6.08 Å². The molecule has 0 N–H and O–H groups in total. The van der Waals surface area contributed by atoms with Gasteiger partial charge in [-0.05, 0) is 48.6 Å². The maximum atomic E-state index is 12.3. The molecular weight excluding hydrogens is 338 g/mol. The molecule has 0 bridgehead atoms. The standard InChI is InChI=1S/C25H38F2/c1-2-3-4-5-6-7-8-9-10-11-21-12-16-23(17-13-21)24-18-14-22(15-19-24)20-25(26)27/h14-15,18-21,23H,2-13,16-17H2,1H3. The predicted molar refractivity (Wildman–Crippen MR) is 113 cm³/mol. The average molecular weight is 377 g/mol. The Morgan fingerprint density at radius 2 is 1.37 bits per heavy atom. The number of halogens is 2. The van der Waals surface area contributed by atoms with Gasteiger partial charge in [0.25, 0.3) is 6.08 Å². The van der Waals surface area contributed by atoms with E-state index in [9.17, 15) is 8.78 Å². The fourth-order valence-electron chi connectivity index (χ4n) is 4.52. The zero-order chi connectivity index (χ0) is 19.3. The molecule has 27 heavy (non-hydrogen) atoms. The molecule has 152 valence electrons. The molecule has 0 heterocycles. The zero-order valence-electron chi connectivity index (χ0n) is 17.2. The molecule has 0 atom stereocenters. The van der Waals surface area contributed by atoms with Crippen LogP contribution in [0.25, 0.3) is 6.08 Å². The van der Waals surface area contributed by atoms with E-state index in [-0.39, 0.29) is 0 Å². The van der Waals surface area contributed by atoms with Gasteiger partial charge in [0.05, 0.1) is 0 Å². The number of hydrogen-bond acceptors (Lipinski definition) is 0. The van der Waals surface area contributed by atoms with Crippen molar-refractivity contribution in [2.24, 2.45) is 5.92 Å².